The summed E-state index contributed by atoms with van der Waals surface area (Å²) in [5.41, 5.74) is 4.71. The largest absolute Gasteiger partial charge is 0.479 e. The Morgan fingerprint density at radius 2 is 1.64 bits per heavy atom. The maximum absolute atomic E-state index is 12.9. The molecule has 9 nitrogen and oxygen atoms in total. The average Bonchev–Trinajstić information content (AvgIpc) is 3.69. The summed E-state index contributed by atoms with van der Waals surface area (Å²) in [5, 5.41) is 17.4. The number of nitrogens with one attached hydrogen (secondary N) is 2. The fraction of sp³-hybridized carbons (Fsp3) is 0.250. The first kappa shape index (κ1) is 27.6. The number of carbonyl (C=O) groups excluding carboxylic acids is 2. The summed E-state index contributed by atoms with van der Waals surface area (Å²) in [6.07, 6.45) is -0.417. The number of hydrogen-bond acceptors (Lipinski definition) is 7. The first-order valence-corrected chi connectivity index (χ1v) is 14.7. The van der Waals surface area contributed by atoms with E-state index in [9.17, 15) is 19.5 Å². The molecule has 0 bridgehead atoms. The number of carboxylic acid groups (broad SMARTS) is 1. The number of carboxylic acids is 1. The normalized spacial score (nSPS) is 17.8. The Morgan fingerprint density at radius 1 is 0.976 bits per heavy atom. The van der Waals surface area contributed by atoms with Gasteiger partial charge in [-0.3, -0.25) is 15.0 Å². The van der Waals surface area contributed by atoms with Crippen LogP contribution in [0.15, 0.2) is 84.2 Å². The smallest absolute Gasteiger partial charge is 0.413 e. The van der Waals surface area contributed by atoms with Crippen LogP contribution in [0.1, 0.15) is 34.7 Å². The van der Waals surface area contributed by atoms with Gasteiger partial charge in [0.15, 0.2) is 10.7 Å². The number of carbonyl (C=O) groups is 3. The van der Waals surface area contributed by atoms with Crippen LogP contribution in [0, 0.1) is 0 Å². The van der Waals surface area contributed by atoms with Gasteiger partial charge >= 0.3 is 12.1 Å². The van der Waals surface area contributed by atoms with Crippen LogP contribution in [-0.2, 0) is 27.3 Å². The van der Waals surface area contributed by atoms with Crippen molar-refractivity contribution in [3.05, 3.63) is 107 Å². The molecule has 6 rings (SSSR count). The molecule has 4 aromatic rings. The van der Waals surface area contributed by atoms with Gasteiger partial charge in [-0.2, -0.15) is 0 Å². The summed E-state index contributed by atoms with van der Waals surface area (Å²) in [6.45, 7) is 1.57. The van der Waals surface area contributed by atoms with Gasteiger partial charge in [-0.15, -0.1) is 11.3 Å². The molecule has 2 aliphatic rings. The fourth-order valence-electron chi connectivity index (χ4n) is 5.84. The van der Waals surface area contributed by atoms with Crippen molar-refractivity contribution < 1.29 is 24.2 Å². The number of aromatic nitrogens is 1. The molecule has 2 heterocycles. The number of hydrogen-bond donors (Lipinski definition) is 3. The fourth-order valence-corrected chi connectivity index (χ4v) is 6.53. The molecule has 1 atom stereocenters. The number of nitrogens with zero attached hydrogens (tertiary/aromatic N) is 2. The van der Waals surface area contributed by atoms with Gasteiger partial charge in [-0.1, -0.05) is 78.9 Å². The van der Waals surface area contributed by atoms with Crippen LogP contribution in [0.4, 0.5) is 9.93 Å². The Balaban J connectivity index is 1.02. The van der Waals surface area contributed by atoms with E-state index in [0.717, 1.165) is 27.8 Å². The SMILES string of the molecule is O=C(Cc1csc(NC(=O)OCC2c3ccccc3-c3ccccc32)n1)NC1(C(=O)O)CCN(Cc2ccccc2)C1. The lowest BCUT2D eigenvalue weighted by atomic mass is 9.98. The minimum absolute atomic E-state index is 0.0561. The number of likely N-dealkylation sites (tertiary alicyclic amines) is 1. The van der Waals surface area contributed by atoms with E-state index in [1.54, 1.807) is 5.38 Å². The van der Waals surface area contributed by atoms with Crippen LogP contribution in [0.5, 0.6) is 0 Å². The van der Waals surface area contributed by atoms with Crippen molar-refractivity contribution in [3.63, 3.8) is 0 Å². The molecule has 1 aliphatic carbocycles. The Morgan fingerprint density at radius 3 is 2.33 bits per heavy atom. The highest BCUT2D eigenvalue weighted by Gasteiger charge is 2.46. The highest BCUT2D eigenvalue weighted by molar-refractivity contribution is 7.13. The van der Waals surface area contributed by atoms with Gasteiger partial charge in [0.05, 0.1) is 12.1 Å². The summed E-state index contributed by atoms with van der Waals surface area (Å²) < 4.78 is 5.58. The number of ether oxygens (including phenoxy) is 1. The van der Waals surface area contributed by atoms with E-state index in [-0.39, 0.29) is 25.5 Å². The van der Waals surface area contributed by atoms with Crippen LogP contribution < -0.4 is 10.6 Å². The van der Waals surface area contributed by atoms with Crippen molar-refractivity contribution in [2.24, 2.45) is 0 Å². The number of amides is 2. The maximum Gasteiger partial charge on any atom is 0.413 e. The van der Waals surface area contributed by atoms with Gasteiger partial charge in [-0.25, -0.2) is 14.6 Å². The standard InChI is InChI=1S/C32H30N4O5S/c37-28(35-32(29(38)39)14-15-36(20-32)17-21-8-2-1-3-9-21)16-22-19-42-30(33-22)34-31(40)41-18-27-25-12-6-4-10-23(25)24-11-5-7-13-26(24)27/h1-13,19,27H,14-18,20H2,(H,35,37)(H,38,39)(H,33,34,40). The van der Waals surface area contributed by atoms with Gasteiger partial charge < -0.3 is 15.2 Å². The summed E-state index contributed by atoms with van der Waals surface area (Å²) >= 11 is 1.18. The zero-order chi connectivity index (χ0) is 29.1. The minimum atomic E-state index is -1.36. The van der Waals surface area contributed by atoms with Gasteiger partial charge in [0.2, 0.25) is 5.91 Å². The molecular weight excluding hydrogens is 552 g/mol. The first-order chi connectivity index (χ1) is 20.4. The van der Waals surface area contributed by atoms with Crippen LogP contribution >= 0.6 is 11.3 Å². The maximum atomic E-state index is 12.9. The second-order valence-electron chi connectivity index (χ2n) is 10.7. The second kappa shape index (κ2) is 11.8. The second-order valence-corrected chi connectivity index (χ2v) is 11.5. The molecule has 0 radical (unpaired) electrons. The van der Waals surface area contributed by atoms with Gasteiger partial charge in [0, 0.05) is 30.9 Å². The number of thiazole rings is 1. The molecule has 10 heteroatoms. The lowest BCUT2D eigenvalue weighted by molar-refractivity contribution is -0.147. The summed E-state index contributed by atoms with van der Waals surface area (Å²) in [6, 6.07) is 26.1. The summed E-state index contributed by atoms with van der Waals surface area (Å²) in [4.78, 5) is 44.1. The molecule has 42 heavy (non-hydrogen) atoms. The minimum Gasteiger partial charge on any atom is -0.479 e. The summed E-state index contributed by atoms with van der Waals surface area (Å²) in [7, 11) is 0. The van der Waals surface area contributed by atoms with E-state index >= 15 is 0 Å². The van der Waals surface area contributed by atoms with Gasteiger partial charge in [-0.05, 0) is 34.2 Å². The zero-order valence-electron chi connectivity index (χ0n) is 22.8. The molecule has 1 fully saturated rings. The molecule has 2 amide bonds. The van der Waals surface area contributed by atoms with Crippen LogP contribution in [0.2, 0.25) is 0 Å². The van der Waals surface area contributed by atoms with Crippen LogP contribution in [-0.4, -0.2) is 58.2 Å². The third-order valence-electron chi connectivity index (χ3n) is 7.83. The van der Waals surface area contributed by atoms with Crippen LogP contribution in [0.3, 0.4) is 0 Å². The number of fused-ring (bicyclic) bond motifs is 3. The Bertz CT molecular complexity index is 1580. The Kier molecular flexibility index (Phi) is 7.73. The predicted molar refractivity (Wildman–Crippen MR) is 159 cm³/mol. The van der Waals surface area contributed by atoms with Crippen molar-refractivity contribution >= 4 is 34.4 Å². The van der Waals surface area contributed by atoms with Gasteiger partial charge in [0.1, 0.15) is 6.61 Å². The van der Waals surface area contributed by atoms with Crippen molar-refractivity contribution in [2.75, 3.05) is 25.0 Å². The molecule has 1 unspecified atom stereocenters. The topological polar surface area (TPSA) is 121 Å². The molecule has 1 saturated heterocycles. The zero-order valence-corrected chi connectivity index (χ0v) is 23.6. The van der Waals surface area contributed by atoms with Crippen molar-refractivity contribution in [1.29, 1.82) is 0 Å². The van der Waals surface area contributed by atoms with Crippen LogP contribution in [0.25, 0.3) is 11.1 Å². The third kappa shape index (κ3) is 5.77. The van der Waals surface area contributed by atoms with E-state index < -0.39 is 23.5 Å². The average molecular weight is 583 g/mol. The lowest BCUT2D eigenvalue weighted by Gasteiger charge is -2.26. The molecule has 3 N–H and O–H groups in total. The Labute approximate surface area is 247 Å². The number of rotatable bonds is 9. The third-order valence-corrected chi connectivity index (χ3v) is 8.64. The molecule has 3 aromatic carbocycles. The molecule has 214 valence electrons. The molecule has 1 aromatic heterocycles. The number of benzene rings is 3. The highest BCUT2D eigenvalue weighted by atomic mass is 32.1. The Hall–Kier alpha value is -4.54. The molecular formula is C32H30N4O5S. The van der Waals surface area contributed by atoms with E-state index in [2.05, 4.69) is 39.9 Å². The molecule has 1 aliphatic heterocycles. The van der Waals surface area contributed by atoms with E-state index in [1.165, 1.54) is 11.3 Å². The summed E-state index contributed by atoms with van der Waals surface area (Å²) in [5.74, 6) is -1.54. The molecule has 0 saturated carbocycles. The van der Waals surface area contributed by atoms with E-state index in [0.29, 0.717) is 30.3 Å². The number of anilines is 1. The first-order valence-electron chi connectivity index (χ1n) is 13.8. The van der Waals surface area contributed by atoms with Gasteiger partial charge in [0.25, 0.3) is 0 Å². The quantitative estimate of drug-likeness (QED) is 0.257. The van der Waals surface area contributed by atoms with Crippen molar-refractivity contribution in [1.82, 2.24) is 15.2 Å². The molecule has 0 spiro atoms. The predicted octanol–water partition coefficient (Wildman–Crippen LogP) is 4.89. The van der Waals surface area contributed by atoms with E-state index in [4.69, 9.17) is 4.74 Å². The highest BCUT2D eigenvalue weighted by Crippen LogP contribution is 2.44. The number of aliphatic carboxylic acids is 1. The van der Waals surface area contributed by atoms with Crippen molar-refractivity contribution in [3.8, 4) is 11.1 Å². The lowest BCUT2D eigenvalue weighted by Crippen LogP contribution is -2.56. The van der Waals surface area contributed by atoms with Crippen molar-refractivity contribution in [2.45, 2.75) is 30.8 Å². The monoisotopic (exact) mass is 582 g/mol. The van der Waals surface area contributed by atoms with E-state index in [1.807, 2.05) is 59.5 Å².